The molecular formula is C21H34O5. The average molecular weight is 366 g/mol. The SMILES string of the molecule is CCCCCCCOCCCCCCCc1cccc(OC(=O)O)c1O. The van der Waals surface area contributed by atoms with E-state index in [4.69, 9.17) is 9.84 Å². The van der Waals surface area contributed by atoms with Crippen LogP contribution in [0, 0.1) is 0 Å². The Morgan fingerprint density at radius 2 is 1.54 bits per heavy atom. The van der Waals surface area contributed by atoms with Gasteiger partial charge in [0.1, 0.15) is 0 Å². The molecule has 0 aliphatic rings. The second-order valence-electron chi connectivity index (χ2n) is 6.68. The van der Waals surface area contributed by atoms with Crippen molar-refractivity contribution in [3.05, 3.63) is 23.8 Å². The van der Waals surface area contributed by atoms with Gasteiger partial charge in [0.15, 0.2) is 11.5 Å². The Kier molecular flexibility index (Phi) is 12.4. The van der Waals surface area contributed by atoms with Crippen LogP contribution in [0.15, 0.2) is 18.2 Å². The highest BCUT2D eigenvalue weighted by Crippen LogP contribution is 2.31. The minimum Gasteiger partial charge on any atom is -0.504 e. The highest BCUT2D eigenvalue weighted by Gasteiger charge is 2.10. The molecule has 0 unspecified atom stereocenters. The van der Waals surface area contributed by atoms with Crippen LogP contribution in [0.4, 0.5) is 4.79 Å². The first-order valence-electron chi connectivity index (χ1n) is 9.94. The first kappa shape index (κ1) is 22.3. The predicted molar refractivity (Wildman–Crippen MR) is 103 cm³/mol. The van der Waals surface area contributed by atoms with Gasteiger partial charge >= 0.3 is 6.16 Å². The fraction of sp³-hybridized carbons (Fsp3) is 0.667. The molecule has 26 heavy (non-hydrogen) atoms. The van der Waals surface area contributed by atoms with Gasteiger partial charge in [-0.25, -0.2) is 4.79 Å². The quantitative estimate of drug-likeness (QED) is 0.229. The van der Waals surface area contributed by atoms with E-state index < -0.39 is 6.16 Å². The summed E-state index contributed by atoms with van der Waals surface area (Å²) in [6, 6.07) is 4.96. The highest BCUT2D eigenvalue weighted by molar-refractivity contribution is 5.63. The van der Waals surface area contributed by atoms with Crippen LogP contribution in [0.5, 0.6) is 11.5 Å². The molecule has 0 saturated carbocycles. The average Bonchev–Trinajstić information content (AvgIpc) is 2.61. The summed E-state index contributed by atoms with van der Waals surface area (Å²) < 4.78 is 10.2. The van der Waals surface area contributed by atoms with Crippen LogP contribution in [0.25, 0.3) is 0 Å². The lowest BCUT2D eigenvalue weighted by Gasteiger charge is -2.08. The van der Waals surface area contributed by atoms with Gasteiger partial charge < -0.3 is 19.7 Å². The van der Waals surface area contributed by atoms with Gasteiger partial charge in [0, 0.05) is 13.2 Å². The summed E-state index contributed by atoms with van der Waals surface area (Å²) in [6.07, 6.45) is 11.1. The Balaban J connectivity index is 2.02. The van der Waals surface area contributed by atoms with E-state index >= 15 is 0 Å². The number of carboxylic acid groups (broad SMARTS) is 1. The third-order valence-corrected chi connectivity index (χ3v) is 4.41. The van der Waals surface area contributed by atoms with Gasteiger partial charge in [0.25, 0.3) is 0 Å². The number of aromatic hydroxyl groups is 1. The first-order valence-corrected chi connectivity index (χ1v) is 9.94. The van der Waals surface area contributed by atoms with Gasteiger partial charge in [0.05, 0.1) is 0 Å². The second-order valence-corrected chi connectivity index (χ2v) is 6.68. The number of hydrogen-bond acceptors (Lipinski definition) is 4. The van der Waals surface area contributed by atoms with E-state index in [9.17, 15) is 9.90 Å². The Labute approximate surface area is 157 Å². The van der Waals surface area contributed by atoms with Crippen molar-refractivity contribution < 1.29 is 24.5 Å². The van der Waals surface area contributed by atoms with Crippen molar-refractivity contribution >= 4 is 6.16 Å². The normalized spacial score (nSPS) is 10.8. The van der Waals surface area contributed by atoms with Crippen LogP contribution in [0.2, 0.25) is 0 Å². The fourth-order valence-electron chi connectivity index (χ4n) is 2.91. The van der Waals surface area contributed by atoms with Crippen molar-refractivity contribution in [2.45, 2.75) is 77.6 Å². The molecule has 0 aromatic heterocycles. The number of carbonyl (C=O) groups is 1. The number of para-hydroxylation sites is 1. The van der Waals surface area contributed by atoms with E-state index in [1.54, 1.807) is 12.1 Å². The standard InChI is InChI=1S/C21H34O5/c1-2-3-4-7-10-16-25-17-11-8-5-6-9-13-18-14-12-15-19(20(18)22)26-21(23)24/h12,14-15,22H,2-11,13,16-17H2,1H3,(H,23,24). The topological polar surface area (TPSA) is 76.0 Å². The molecule has 148 valence electrons. The van der Waals surface area contributed by atoms with Crippen molar-refractivity contribution in [3.63, 3.8) is 0 Å². The van der Waals surface area contributed by atoms with Gasteiger partial charge in [-0.05, 0) is 37.3 Å². The van der Waals surface area contributed by atoms with Crippen molar-refractivity contribution in [1.29, 1.82) is 0 Å². The zero-order valence-electron chi connectivity index (χ0n) is 16.0. The van der Waals surface area contributed by atoms with Gasteiger partial charge in [0.2, 0.25) is 0 Å². The van der Waals surface area contributed by atoms with Crippen molar-refractivity contribution in [1.82, 2.24) is 0 Å². The molecule has 0 atom stereocenters. The fourth-order valence-corrected chi connectivity index (χ4v) is 2.91. The van der Waals surface area contributed by atoms with Crippen LogP contribution in [-0.2, 0) is 11.2 Å². The van der Waals surface area contributed by atoms with E-state index in [2.05, 4.69) is 11.7 Å². The number of aryl methyl sites for hydroxylation is 1. The Bertz CT molecular complexity index is 501. The number of benzene rings is 1. The van der Waals surface area contributed by atoms with E-state index in [0.717, 1.165) is 57.3 Å². The molecular weight excluding hydrogens is 332 g/mol. The zero-order valence-corrected chi connectivity index (χ0v) is 16.0. The van der Waals surface area contributed by atoms with Crippen LogP contribution in [0.3, 0.4) is 0 Å². The predicted octanol–water partition coefficient (Wildman–Crippen LogP) is 5.93. The molecule has 1 aromatic rings. The summed E-state index contributed by atoms with van der Waals surface area (Å²) in [7, 11) is 0. The maximum Gasteiger partial charge on any atom is 0.511 e. The Morgan fingerprint density at radius 1 is 0.923 bits per heavy atom. The van der Waals surface area contributed by atoms with Crippen molar-refractivity contribution in [2.24, 2.45) is 0 Å². The van der Waals surface area contributed by atoms with E-state index in [0.29, 0.717) is 0 Å². The second kappa shape index (κ2) is 14.4. The van der Waals surface area contributed by atoms with E-state index in [-0.39, 0.29) is 11.5 Å². The summed E-state index contributed by atoms with van der Waals surface area (Å²) >= 11 is 0. The molecule has 0 radical (unpaired) electrons. The van der Waals surface area contributed by atoms with Crippen LogP contribution < -0.4 is 4.74 Å². The molecule has 5 nitrogen and oxygen atoms in total. The summed E-state index contributed by atoms with van der Waals surface area (Å²) in [5, 5.41) is 18.7. The summed E-state index contributed by atoms with van der Waals surface area (Å²) in [5.41, 5.74) is 0.732. The molecule has 0 saturated heterocycles. The third-order valence-electron chi connectivity index (χ3n) is 4.41. The molecule has 0 heterocycles. The first-order chi connectivity index (χ1) is 12.6. The molecule has 0 amide bonds. The van der Waals surface area contributed by atoms with E-state index in [1.807, 2.05) is 0 Å². The molecule has 1 rings (SSSR count). The minimum absolute atomic E-state index is 0.00171. The molecule has 0 aliphatic heterocycles. The minimum atomic E-state index is -1.42. The van der Waals surface area contributed by atoms with Crippen LogP contribution in [0.1, 0.15) is 76.7 Å². The number of hydrogen-bond donors (Lipinski definition) is 2. The van der Waals surface area contributed by atoms with Gasteiger partial charge in [-0.15, -0.1) is 0 Å². The molecule has 5 heteroatoms. The van der Waals surface area contributed by atoms with Crippen molar-refractivity contribution in [2.75, 3.05) is 13.2 Å². The third kappa shape index (κ3) is 10.3. The van der Waals surface area contributed by atoms with Crippen molar-refractivity contribution in [3.8, 4) is 11.5 Å². The molecule has 2 N–H and O–H groups in total. The molecule has 1 aromatic carbocycles. The maximum absolute atomic E-state index is 10.6. The van der Waals surface area contributed by atoms with Gasteiger partial charge in [-0.3, -0.25) is 0 Å². The smallest absolute Gasteiger partial charge is 0.504 e. The lowest BCUT2D eigenvalue weighted by Crippen LogP contribution is -2.03. The molecule has 0 aliphatic carbocycles. The molecule has 0 bridgehead atoms. The lowest BCUT2D eigenvalue weighted by molar-refractivity contribution is 0.125. The Morgan fingerprint density at radius 3 is 2.19 bits per heavy atom. The van der Waals surface area contributed by atoms with E-state index in [1.165, 1.54) is 38.2 Å². The largest absolute Gasteiger partial charge is 0.511 e. The number of unbranched alkanes of at least 4 members (excludes halogenated alkanes) is 8. The van der Waals surface area contributed by atoms with Crippen LogP contribution >= 0.6 is 0 Å². The molecule has 0 fully saturated rings. The summed E-state index contributed by atoms with van der Waals surface area (Å²) in [4.78, 5) is 10.6. The summed E-state index contributed by atoms with van der Waals surface area (Å²) in [5.74, 6) is -0.0657. The Hall–Kier alpha value is -1.75. The maximum atomic E-state index is 10.6. The zero-order chi connectivity index (χ0) is 19.0. The number of rotatable bonds is 15. The van der Waals surface area contributed by atoms with Crippen LogP contribution in [-0.4, -0.2) is 29.6 Å². The lowest BCUT2D eigenvalue weighted by atomic mass is 10.0. The van der Waals surface area contributed by atoms with Gasteiger partial charge in [-0.1, -0.05) is 64.0 Å². The monoisotopic (exact) mass is 366 g/mol. The highest BCUT2D eigenvalue weighted by atomic mass is 16.7. The number of ether oxygens (including phenoxy) is 2. The molecule has 0 spiro atoms. The summed E-state index contributed by atoms with van der Waals surface area (Å²) in [6.45, 7) is 3.96. The van der Waals surface area contributed by atoms with Gasteiger partial charge in [-0.2, -0.15) is 0 Å². The number of phenols is 1. The number of phenolic OH excluding ortho intramolecular Hbond substituents is 1.